The molecule has 2 aromatic rings. The molecule has 0 atom stereocenters. The summed E-state index contributed by atoms with van der Waals surface area (Å²) in [6.07, 6.45) is -1.39. The minimum absolute atomic E-state index is 0.0520. The average molecular weight is 417 g/mol. The van der Waals surface area contributed by atoms with Crippen LogP contribution in [0.4, 0.5) is 30.2 Å². The largest absolute Gasteiger partial charge is 0.418 e. The van der Waals surface area contributed by atoms with Crippen LogP contribution in [-0.2, 0) is 15.7 Å². The van der Waals surface area contributed by atoms with E-state index in [2.05, 4.69) is 16.0 Å². The van der Waals surface area contributed by atoms with Crippen LogP contribution in [0.2, 0.25) is 0 Å². The maximum atomic E-state index is 13.6. The zero-order valence-electron chi connectivity index (χ0n) is 16.2. The molecule has 0 aromatic heterocycles. The van der Waals surface area contributed by atoms with Gasteiger partial charge in [-0.2, -0.15) is 13.2 Å². The van der Waals surface area contributed by atoms with Gasteiger partial charge in [-0.1, -0.05) is 18.2 Å². The second-order valence-electron chi connectivity index (χ2n) is 7.40. The Balaban J connectivity index is 1.52. The number of rotatable bonds is 5. The van der Waals surface area contributed by atoms with Gasteiger partial charge in [-0.15, -0.1) is 0 Å². The molecule has 1 saturated heterocycles. The van der Waals surface area contributed by atoms with Crippen LogP contribution >= 0.6 is 0 Å². The van der Waals surface area contributed by atoms with Gasteiger partial charge in [-0.25, -0.2) is 0 Å². The summed E-state index contributed by atoms with van der Waals surface area (Å²) in [6.45, 7) is 1.76. The standard InChI is InChI=1S/C22H22F3N3O2/c23-22(24,25)18-11-15(5-6-20(18)27-12-14-7-9-30-10-8-14)26-13-17-16-3-1-2-4-19(16)28-21(17)29/h1-6,11,13-14,26-27H,7-10,12H2,(H,28,29). The topological polar surface area (TPSA) is 62.4 Å². The second kappa shape index (κ2) is 8.39. The summed E-state index contributed by atoms with van der Waals surface area (Å²) in [6, 6.07) is 11.2. The van der Waals surface area contributed by atoms with Gasteiger partial charge in [-0.05, 0) is 43.0 Å². The normalized spacial score (nSPS) is 18.2. The van der Waals surface area contributed by atoms with Crippen LogP contribution in [0.3, 0.4) is 0 Å². The summed E-state index contributed by atoms with van der Waals surface area (Å²) in [5, 5.41) is 8.52. The number of anilines is 3. The smallest absolute Gasteiger partial charge is 0.384 e. The third-order valence-electron chi connectivity index (χ3n) is 5.34. The van der Waals surface area contributed by atoms with Crippen LogP contribution in [-0.4, -0.2) is 25.7 Å². The zero-order valence-corrected chi connectivity index (χ0v) is 16.2. The Morgan fingerprint density at radius 2 is 1.90 bits per heavy atom. The molecule has 8 heteroatoms. The van der Waals surface area contributed by atoms with E-state index in [0.29, 0.717) is 42.5 Å². The van der Waals surface area contributed by atoms with Crippen molar-refractivity contribution in [1.82, 2.24) is 0 Å². The van der Waals surface area contributed by atoms with Crippen LogP contribution < -0.4 is 16.0 Å². The molecule has 2 heterocycles. The number of para-hydroxylation sites is 1. The van der Waals surface area contributed by atoms with E-state index in [9.17, 15) is 18.0 Å². The first-order valence-electron chi connectivity index (χ1n) is 9.82. The number of fused-ring (bicyclic) bond motifs is 1. The second-order valence-corrected chi connectivity index (χ2v) is 7.40. The Hall–Kier alpha value is -3.00. The van der Waals surface area contributed by atoms with E-state index < -0.39 is 11.7 Å². The number of hydrogen-bond donors (Lipinski definition) is 3. The molecular weight excluding hydrogens is 395 g/mol. The molecule has 2 aromatic carbocycles. The molecule has 3 N–H and O–H groups in total. The quantitative estimate of drug-likeness (QED) is 0.603. The van der Waals surface area contributed by atoms with E-state index in [4.69, 9.17) is 4.74 Å². The van der Waals surface area contributed by atoms with E-state index in [1.807, 2.05) is 0 Å². The third kappa shape index (κ3) is 4.43. The lowest BCUT2D eigenvalue weighted by molar-refractivity contribution is -0.136. The zero-order chi connectivity index (χ0) is 21.1. The molecule has 0 spiro atoms. The lowest BCUT2D eigenvalue weighted by Gasteiger charge is -2.24. The summed E-state index contributed by atoms with van der Waals surface area (Å²) in [5.41, 5.74) is 1.33. The molecule has 1 amide bonds. The van der Waals surface area contributed by atoms with Crippen LogP contribution in [0.5, 0.6) is 0 Å². The Bertz CT molecular complexity index is 966. The lowest BCUT2D eigenvalue weighted by Crippen LogP contribution is -2.23. The molecule has 4 rings (SSSR count). The molecule has 158 valence electrons. The molecule has 1 fully saturated rings. The van der Waals surface area contributed by atoms with Gasteiger partial charge >= 0.3 is 6.18 Å². The monoisotopic (exact) mass is 417 g/mol. The first kappa shape index (κ1) is 20.3. The van der Waals surface area contributed by atoms with Crippen LogP contribution in [0.25, 0.3) is 5.57 Å². The first-order chi connectivity index (χ1) is 14.4. The van der Waals surface area contributed by atoms with Gasteiger partial charge in [-0.3, -0.25) is 4.79 Å². The summed E-state index contributed by atoms with van der Waals surface area (Å²) in [7, 11) is 0. The third-order valence-corrected chi connectivity index (χ3v) is 5.34. The summed E-state index contributed by atoms with van der Waals surface area (Å²) >= 11 is 0. The highest BCUT2D eigenvalue weighted by molar-refractivity contribution is 6.31. The highest BCUT2D eigenvalue weighted by Gasteiger charge is 2.34. The van der Waals surface area contributed by atoms with Crippen LogP contribution in [0.1, 0.15) is 24.0 Å². The molecule has 0 bridgehead atoms. The molecule has 30 heavy (non-hydrogen) atoms. The van der Waals surface area contributed by atoms with Crippen LogP contribution in [0, 0.1) is 5.92 Å². The predicted octanol–water partition coefficient (Wildman–Crippen LogP) is 4.95. The van der Waals surface area contributed by atoms with Gasteiger partial charge < -0.3 is 20.7 Å². The number of hydrogen-bond acceptors (Lipinski definition) is 4. The van der Waals surface area contributed by atoms with E-state index in [1.165, 1.54) is 12.3 Å². The number of amides is 1. The van der Waals surface area contributed by atoms with Gasteiger partial charge in [0.25, 0.3) is 5.91 Å². The molecular formula is C22H22F3N3O2. The Labute approximate surface area is 172 Å². The lowest BCUT2D eigenvalue weighted by atomic mass is 10.00. The summed E-state index contributed by atoms with van der Waals surface area (Å²) in [4.78, 5) is 12.1. The maximum Gasteiger partial charge on any atom is 0.418 e. The molecule has 2 aliphatic rings. The van der Waals surface area contributed by atoms with Crippen molar-refractivity contribution in [2.24, 2.45) is 5.92 Å². The van der Waals surface area contributed by atoms with Crippen molar-refractivity contribution in [1.29, 1.82) is 0 Å². The highest BCUT2D eigenvalue weighted by Crippen LogP contribution is 2.37. The number of benzene rings is 2. The van der Waals surface area contributed by atoms with Crippen LogP contribution in [0.15, 0.2) is 48.7 Å². The number of carbonyl (C=O) groups excluding carboxylic acids is 1. The average Bonchev–Trinajstić information content (AvgIpc) is 3.06. The molecule has 0 aliphatic carbocycles. The van der Waals surface area contributed by atoms with Crippen molar-refractivity contribution >= 4 is 28.5 Å². The predicted molar refractivity (Wildman–Crippen MR) is 110 cm³/mol. The molecule has 0 unspecified atom stereocenters. The fourth-order valence-electron chi connectivity index (χ4n) is 3.67. The van der Waals surface area contributed by atoms with Gasteiger partial charge in [0, 0.05) is 48.6 Å². The van der Waals surface area contributed by atoms with Crippen molar-refractivity contribution < 1.29 is 22.7 Å². The van der Waals surface area contributed by atoms with Crippen molar-refractivity contribution in [3.63, 3.8) is 0 Å². The van der Waals surface area contributed by atoms with Crippen molar-refractivity contribution in [2.75, 3.05) is 35.7 Å². The Kier molecular flexibility index (Phi) is 5.67. The molecule has 0 radical (unpaired) electrons. The van der Waals surface area contributed by atoms with Crippen molar-refractivity contribution in [3.8, 4) is 0 Å². The molecule has 0 saturated carbocycles. The maximum absolute atomic E-state index is 13.6. The Morgan fingerprint density at radius 1 is 1.13 bits per heavy atom. The summed E-state index contributed by atoms with van der Waals surface area (Å²) in [5.74, 6) is -0.00203. The van der Waals surface area contributed by atoms with E-state index in [0.717, 1.165) is 18.9 Å². The minimum Gasteiger partial charge on any atom is -0.384 e. The van der Waals surface area contributed by atoms with E-state index in [-0.39, 0.29) is 17.3 Å². The van der Waals surface area contributed by atoms with Gasteiger partial charge in [0.2, 0.25) is 0 Å². The fourth-order valence-corrected chi connectivity index (χ4v) is 3.67. The Morgan fingerprint density at radius 3 is 2.67 bits per heavy atom. The van der Waals surface area contributed by atoms with Gasteiger partial charge in [0.15, 0.2) is 0 Å². The number of halogens is 3. The molecule has 5 nitrogen and oxygen atoms in total. The highest BCUT2D eigenvalue weighted by atomic mass is 19.4. The first-order valence-corrected chi connectivity index (χ1v) is 9.82. The fraction of sp³-hybridized carbons (Fsp3) is 0.318. The number of carbonyl (C=O) groups is 1. The van der Waals surface area contributed by atoms with E-state index >= 15 is 0 Å². The number of nitrogens with one attached hydrogen (secondary N) is 3. The number of alkyl halides is 3. The SMILES string of the molecule is O=C1Nc2ccccc2C1=CNc1ccc(NCC2CCOCC2)c(C(F)(F)F)c1. The summed E-state index contributed by atoms with van der Waals surface area (Å²) < 4.78 is 46.2. The number of ether oxygens (including phenoxy) is 1. The van der Waals surface area contributed by atoms with Gasteiger partial charge in [0.1, 0.15) is 0 Å². The van der Waals surface area contributed by atoms with Gasteiger partial charge in [0.05, 0.1) is 11.1 Å². The minimum atomic E-state index is -4.50. The molecule has 2 aliphatic heterocycles. The van der Waals surface area contributed by atoms with Crippen molar-refractivity contribution in [2.45, 2.75) is 19.0 Å². The van der Waals surface area contributed by atoms with Crippen molar-refractivity contribution in [3.05, 3.63) is 59.8 Å². The van der Waals surface area contributed by atoms with E-state index in [1.54, 1.807) is 30.3 Å².